The van der Waals surface area contributed by atoms with Crippen molar-refractivity contribution < 1.29 is 19.1 Å². The summed E-state index contributed by atoms with van der Waals surface area (Å²) in [4.78, 5) is 26.1. The van der Waals surface area contributed by atoms with Gasteiger partial charge in [-0.1, -0.05) is 13.8 Å². The van der Waals surface area contributed by atoms with Crippen LogP contribution in [0.2, 0.25) is 0 Å². The Morgan fingerprint density at radius 3 is 2.86 bits per heavy atom. The molecule has 0 saturated carbocycles. The lowest BCUT2D eigenvalue weighted by molar-refractivity contribution is -0.141. The molecule has 2 unspecified atom stereocenters. The van der Waals surface area contributed by atoms with E-state index in [1.807, 2.05) is 13.8 Å². The van der Waals surface area contributed by atoms with Gasteiger partial charge in [-0.2, -0.15) is 0 Å². The summed E-state index contributed by atoms with van der Waals surface area (Å²) in [7, 11) is 0. The number of likely N-dealkylation sites (tertiary alicyclic amines) is 1. The zero-order chi connectivity index (χ0) is 16.3. The Hall–Kier alpha value is -1.82. The van der Waals surface area contributed by atoms with Gasteiger partial charge in [-0.25, -0.2) is 0 Å². The number of rotatable bonds is 5. The summed E-state index contributed by atoms with van der Waals surface area (Å²) in [6.45, 7) is 5.90. The first-order valence-corrected chi connectivity index (χ1v) is 7.67. The van der Waals surface area contributed by atoms with Crippen molar-refractivity contribution in [1.29, 1.82) is 0 Å². The molecule has 1 aromatic heterocycles. The van der Waals surface area contributed by atoms with Gasteiger partial charge in [-0.15, -0.1) is 0 Å². The molecule has 6 heteroatoms. The van der Waals surface area contributed by atoms with Gasteiger partial charge < -0.3 is 19.7 Å². The Morgan fingerprint density at radius 2 is 2.27 bits per heavy atom. The standard InChI is InChI=1S/C16H24N2O4/c1-11(2)15(20)18-8-4-6-12(18)14(19)17-10-16(3,21)13-7-5-9-22-13/h5,7,9,11-12,21H,4,6,8,10H2,1-3H3,(H,17,19). The van der Waals surface area contributed by atoms with Crippen LogP contribution in [0.5, 0.6) is 0 Å². The van der Waals surface area contributed by atoms with Crippen molar-refractivity contribution in [1.82, 2.24) is 10.2 Å². The van der Waals surface area contributed by atoms with E-state index < -0.39 is 11.6 Å². The first-order valence-electron chi connectivity index (χ1n) is 7.67. The Balaban J connectivity index is 1.96. The molecule has 0 aliphatic carbocycles. The lowest BCUT2D eigenvalue weighted by atomic mass is 10.0. The van der Waals surface area contributed by atoms with Crippen molar-refractivity contribution >= 4 is 11.8 Å². The van der Waals surface area contributed by atoms with Crippen LogP contribution in [0.4, 0.5) is 0 Å². The molecule has 0 aromatic carbocycles. The van der Waals surface area contributed by atoms with Gasteiger partial charge in [-0.3, -0.25) is 9.59 Å². The number of carbonyl (C=O) groups is 2. The Labute approximate surface area is 130 Å². The monoisotopic (exact) mass is 308 g/mol. The molecular formula is C16H24N2O4. The smallest absolute Gasteiger partial charge is 0.242 e. The van der Waals surface area contributed by atoms with Crippen LogP contribution >= 0.6 is 0 Å². The molecule has 2 atom stereocenters. The summed E-state index contributed by atoms with van der Waals surface area (Å²) in [6, 6.07) is 2.91. The van der Waals surface area contributed by atoms with Crippen LogP contribution in [0.25, 0.3) is 0 Å². The van der Waals surface area contributed by atoms with Crippen molar-refractivity contribution in [3.63, 3.8) is 0 Å². The average Bonchev–Trinajstić information content (AvgIpc) is 3.14. The van der Waals surface area contributed by atoms with E-state index >= 15 is 0 Å². The number of carbonyl (C=O) groups excluding carboxylic acids is 2. The summed E-state index contributed by atoms with van der Waals surface area (Å²) >= 11 is 0. The van der Waals surface area contributed by atoms with Gasteiger partial charge in [0.2, 0.25) is 11.8 Å². The predicted octanol–water partition coefficient (Wildman–Crippen LogP) is 1.25. The highest BCUT2D eigenvalue weighted by molar-refractivity contribution is 5.88. The van der Waals surface area contributed by atoms with Gasteiger partial charge in [0.15, 0.2) is 0 Å². The molecule has 0 spiro atoms. The molecule has 6 nitrogen and oxygen atoms in total. The van der Waals surface area contributed by atoms with Crippen LogP contribution < -0.4 is 5.32 Å². The molecule has 122 valence electrons. The van der Waals surface area contributed by atoms with Crippen LogP contribution in [0.3, 0.4) is 0 Å². The fourth-order valence-electron chi connectivity index (χ4n) is 2.68. The molecule has 1 saturated heterocycles. The van der Waals surface area contributed by atoms with Crippen LogP contribution in [0.15, 0.2) is 22.8 Å². The molecule has 2 heterocycles. The second kappa shape index (κ2) is 6.52. The van der Waals surface area contributed by atoms with Gasteiger partial charge in [0, 0.05) is 12.5 Å². The first kappa shape index (κ1) is 16.5. The Kier molecular flexibility index (Phi) is 4.90. The third-order valence-corrected chi connectivity index (χ3v) is 3.99. The third-order valence-electron chi connectivity index (χ3n) is 3.99. The van der Waals surface area contributed by atoms with Gasteiger partial charge >= 0.3 is 0 Å². The highest BCUT2D eigenvalue weighted by atomic mass is 16.4. The average molecular weight is 308 g/mol. The predicted molar refractivity (Wildman–Crippen MR) is 80.9 cm³/mol. The van der Waals surface area contributed by atoms with Crippen LogP contribution in [-0.4, -0.2) is 41.0 Å². The van der Waals surface area contributed by atoms with Gasteiger partial charge in [0.05, 0.1) is 12.8 Å². The summed E-state index contributed by atoms with van der Waals surface area (Å²) in [5.74, 6) is 0.0442. The number of amides is 2. The second-order valence-corrected chi connectivity index (χ2v) is 6.31. The Morgan fingerprint density at radius 1 is 1.55 bits per heavy atom. The largest absolute Gasteiger partial charge is 0.466 e. The lowest BCUT2D eigenvalue weighted by Gasteiger charge is -2.27. The fraction of sp³-hybridized carbons (Fsp3) is 0.625. The quantitative estimate of drug-likeness (QED) is 0.857. The molecule has 0 radical (unpaired) electrons. The summed E-state index contributed by atoms with van der Waals surface area (Å²) in [5, 5.41) is 13.1. The van der Waals surface area contributed by atoms with Crippen molar-refractivity contribution in [2.24, 2.45) is 5.92 Å². The maximum absolute atomic E-state index is 12.4. The number of nitrogens with one attached hydrogen (secondary N) is 1. The molecule has 0 bridgehead atoms. The summed E-state index contributed by atoms with van der Waals surface area (Å²) in [6.07, 6.45) is 2.96. The second-order valence-electron chi connectivity index (χ2n) is 6.31. The fourth-order valence-corrected chi connectivity index (χ4v) is 2.68. The minimum atomic E-state index is -1.27. The molecule has 1 aliphatic heterocycles. The van der Waals surface area contributed by atoms with Gasteiger partial charge in [0.1, 0.15) is 17.4 Å². The molecule has 22 heavy (non-hydrogen) atoms. The summed E-state index contributed by atoms with van der Waals surface area (Å²) in [5.41, 5.74) is -1.27. The van der Waals surface area contributed by atoms with Crippen molar-refractivity contribution in [3.05, 3.63) is 24.2 Å². The minimum absolute atomic E-state index is 0.00422. The molecule has 2 rings (SSSR count). The van der Waals surface area contributed by atoms with Gasteiger partial charge in [0.25, 0.3) is 0 Å². The van der Waals surface area contributed by atoms with E-state index in [0.717, 1.165) is 6.42 Å². The number of furan rings is 1. The maximum Gasteiger partial charge on any atom is 0.242 e. The number of nitrogens with zero attached hydrogens (tertiary/aromatic N) is 1. The highest BCUT2D eigenvalue weighted by Crippen LogP contribution is 2.22. The van der Waals surface area contributed by atoms with E-state index in [0.29, 0.717) is 18.7 Å². The third kappa shape index (κ3) is 3.50. The molecular weight excluding hydrogens is 284 g/mol. The van der Waals surface area contributed by atoms with Crippen LogP contribution in [0, 0.1) is 5.92 Å². The van der Waals surface area contributed by atoms with Crippen LogP contribution in [-0.2, 0) is 15.2 Å². The van der Waals surface area contributed by atoms with Crippen LogP contribution in [0.1, 0.15) is 39.4 Å². The number of aliphatic hydroxyl groups is 1. The highest BCUT2D eigenvalue weighted by Gasteiger charge is 2.36. The van der Waals surface area contributed by atoms with E-state index in [2.05, 4.69) is 5.32 Å². The van der Waals surface area contributed by atoms with Gasteiger partial charge in [-0.05, 0) is 31.9 Å². The SMILES string of the molecule is CC(C)C(=O)N1CCCC1C(=O)NCC(C)(O)c1ccco1. The minimum Gasteiger partial charge on any atom is -0.466 e. The summed E-state index contributed by atoms with van der Waals surface area (Å²) < 4.78 is 5.18. The first-order chi connectivity index (χ1) is 10.3. The number of hydrogen-bond acceptors (Lipinski definition) is 4. The zero-order valence-electron chi connectivity index (χ0n) is 13.3. The van der Waals surface area contributed by atoms with Crippen molar-refractivity contribution in [3.8, 4) is 0 Å². The number of hydrogen-bond donors (Lipinski definition) is 2. The molecule has 2 amide bonds. The zero-order valence-corrected chi connectivity index (χ0v) is 13.3. The van der Waals surface area contributed by atoms with E-state index in [-0.39, 0.29) is 24.3 Å². The molecule has 2 N–H and O–H groups in total. The van der Waals surface area contributed by atoms with E-state index in [1.54, 1.807) is 24.0 Å². The topological polar surface area (TPSA) is 82.8 Å². The molecule has 1 aromatic rings. The van der Waals surface area contributed by atoms with E-state index in [4.69, 9.17) is 4.42 Å². The lowest BCUT2D eigenvalue weighted by Crippen LogP contribution is -2.49. The Bertz CT molecular complexity index is 522. The molecule has 1 aliphatic rings. The molecule has 1 fully saturated rings. The normalized spacial score (nSPS) is 21.0. The maximum atomic E-state index is 12.4. The van der Waals surface area contributed by atoms with E-state index in [1.165, 1.54) is 6.26 Å². The van der Waals surface area contributed by atoms with Crippen molar-refractivity contribution in [2.45, 2.75) is 45.3 Å². The van der Waals surface area contributed by atoms with E-state index in [9.17, 15) is 14.7 Å². The van der Waals surface area contributed by atoms with Crippen molar-refractivity contribution in [2.75, 3.05) is 13.1 Å².